The molecule has 0 bridgehead atoms. The summed E-state index contributed by atoms with van der Waals surface area (Å²) in [5.41, 5.74) is 2.45. The fourth-order valence-corrected chi connectivity index (χ4v) is 1.88. The van der Waals surface area contributed by atoms with Gasteiger partial charge in [0, 0.05) is 33.1 Å². The minimum absolute atomic E-state index is 0. The van der Waals surface area contributed by atoms with E-state index >= 15 is 0 Å². The van der Waals surface area contributed by atoms with Gasteiger partial charge < -0.3 is 16.0 Å². The van der Waals surface area contributed by atoms with Crippen molar-refractivity contribution in [2.24, 2.45) is 4.99 Å². The number of aryl methyl sites for hydroxylation is 1. The molecule has 22 heavy (non-hydrogen) atoms. The first-order valence-electron chi connectivity index (χ1n) is 7.42. The quantitative estimate of drug-likeness (QED) is 0.362. The highest BCUT2D eigenvalue weighted by molar-refractivity contribution is 14.0. The van der Waals surface area contributed by atoms with Crippen LogP contribution in [0.4, 0.5) is 0 Å². The molecule has 0 aliphatic carbocycles. The van der Waals surface area contributed by atoms with Crippen molar-refractivity contribution in [3.05, 3.63) is 35.4 Å². The minimum Gasteiger partial charge on any atom is -0.356 e. The van der Waals surface area contributed by atoms with Crippen molar-refractivity contribution in [1.82, 2.24) is 16.0 Å². The highest BCUT2D eigenvalue weighted by atomic mass is 127. The second-order valence-electron chi connectivity index (χ2n) is 4.94. The molecule has 0 radical (unpaired) electrons. The van der Waals surface area contributed by atoms with Gasteiger partial charge in [-0.3, -0.25) is 9.79 Å². The second kappa shape index (κ2) is 12.3. The average Bonchev–Trinajstić information content (AvgIpc) is 2.48. The molecule has 1 amide bonds. The Balaban J connectivity index is 0.00000441. The van der Waals surface area contributed by atoms with Crippen molar-refractivity contribution in [3.63, 3.8) is 0 Å². The van der Waals surface area contributed by atoms with Gasteiger partial charge in [0.15, 0.2) is 5.96 Å². The summed E-state index contributed by atoms with van der Waals surface area (Å²) in [7, 11) is 1.72. The molecule has 0 atom stereocenters. The SMILES string of the molecule is CCCNC(=O)CCNC(=NC)NCc1cccc(C)c1.I. The van der Waals surface area contributed by atoms with Crippen molar-refractivity contribution in [3.8, 4) is 0 Å². The lowest BCUT2D eigenvalue weighted by Gasteiger charge is -2.12. The van der Waals surface area contributed by atoms with Crippen LogP contribution in [-0.2, 0) is 11.3 Å². The van der Waals surface area contributed by atoms with Crippen molar-refractivity contribution in [1.29, 1.82) is 0 Å². The molecule has 0 unspecified atom stereocenters. The Kier molecular flexibility index (Phi) is 11.5. The van der Waals surface area contributed by atoms with E-state index in [2.05, 4.69) is 46.1 Å². The van der Waals surface area contributed by atoms with Gasteiger partial charge in [-0.05, 0) is 18.9 Å². The number of nitrogens with zero attached hydrogens (tertiary/aromatic N) is 1. The molecule has 1 aromatic carbocycles. The van der Waals surface area contributed by atoms with E-state index in [1.807, 2.05) is 13.0 Å². The van der Waals surface area contributed by atoms with Gasteiger partial charge in [-0.25, -0.2) is 0 Å². The summed E-state index contributed by atoms with van der Waals surface area (Å²) in [6, 6.07) is 8.33. The predicted molar refractivity (Wildman–Crippen MR) is 103 cm³/mol. The van der Waals surface area contributed by atoms with Crippen LogP contribution in [0.1, 0.15) is 30.9 Å². The molecule has 0 saturated carbocycles. The Hall–Kier alpha value is -1.31. The Morgan fingerprint density at radius 3 is 2.59 bits per heavy atom. The number of amides is 1. The van der Waals surface area contributed by atoms with Gasteiger partial charge in [-0.2, -0.15) is 0 Å². The zero-order valence-corrected chi connectivity index (χ0v) is 15.9. The highest BCUT2D eigenvalue weighted by Gasteiger charge is 2.02. The molecule has 6 heteroatoms. The van der Waals surface area contributed by atoms with Crippen molar-refractivity contribution < 1.29 is 4.79 Å². The molecule has 0 aliphatic heterocycles. The zero-order valence-electron chi connectivity index (χ0n) is 13.6. The number of carbonyl (C=O) groups excluding carboxylic acids is 1. The molecule has 0 fully saturated rings. The number of carbonyl (C=O) groups is 1. The van der Waals surface area contributed by atoms with Gasteiger partial charge in [0.1, 0.15) is 0 Å². The lowest BCUT2D eigenvalue weighted by Crippen LogP contribution is -2.39. The van der Waals surface area contributed by atoms with Crippen LogP contribution in [-0.4, -0.2) is 32.0 Å². The van der Waals surface area contributed by atoms with Crippen molar-refractivity contribution >= 4 is 35.8 Å². The summed E-state index contributed by atoms with van der Waals surface area (Å²) in [4.78, 5) is 15.6. The van der Waals surface area contributed by atoms with Crippen LogP contribution in [0, 0.1) is 6.92 Å². The number of rotatable bonds is 7. The molecule has 1 rings (SSSR count). The van der Waals surface area contributed by atoms with Crippen LogP contribution in [0.3, 0.4) is 0 Å². The number of benzene rings is 1. The molecule has 1 aromatic rings. The number of hydrogen-bond acceptors (Lipinski definition) is 2. The minimum atomic E-state index is 0. The molecule has 3 N–H and O–H groups in total. The lowest BCUT2D eigenvalue weighted by atomic mass is 10.1. The van der Waals surface area contributed by atoms with E-state index < -0.39 is 0 Å². The second-order valence-corrected chi connectivity index (χ2v) is 4.94. The van der Waals surface area contributed by atoms with Crippen molar-refractivity contribution in [2.45, 2.75) is 33.2 Å². The number of hydrogen-bond donors (Lipinski definition) is 3. The van der Waals surface area contributed by atoms with Crippen molar-refractivity contribution in [2.75, 3.05) is 20.1 Å². The van der Waals surface area contributed by atoms with E-state index in [1.54, 1.807) is 7.05 Å². The molecule has 5 nitrogen and oxygen atoms in total. The van der Waals surface area contributed by atoms with Gasteiger partial charge in [0.25, 0.3) is 0 Å². The Morgan fingerprint density at radius 1 is 1.18 bits per heavy atom. The van der Waals surface area contributed by atoms with Crippen LogP contribution in [0.15, 0.2) is 29.3 Å². The maximum atomic E-state index is 11.5. The molecule has 0 saturated heterocycles. The summed E-state index contributed by atoms with van der Waals surface area (Å²) in [6.45, 7) is 6.13. The van der Waals surface area contributed by atoms with Crippen LogP contribution in [0.25, 0.3) is 0 Å². The number of nitrogens with one attached hydrogen (secondary N) is 3. The molecule has 0 aromatic heterocycles. The van der Waals surface area contributed by atoms with E-state index in [-0.39, 0.29) is 29.9 Å². The van der Waals surface area contributed by atoms with Gasteiger partial charge in [0.05, 0.1) is 0 Å². The van der Waals surface area contributed by atoms with Gasteiger partial charge in [0.2, 0.25) is 5.91 Å². The molecule has 0 aliphatic rings. The molecular formula is C16H27IN4O. The maximum Gasteiger partial charge on any atom is 0.221 e. The third kappa shape index (κ3) is 8.86. The largest absolute Gasteiger partial charge is 0.356 e. The highest BCUT2D eigenvalue weighted by Crippen LogP contribution is 2.02. The summed E-state index contributed by atoms with van der Waals surface area (Å²) < 4.78 is 0. The lowest BCUT2D eigenvalue weighted by molar-refractivity contribution is -0.120. The van der Waals surface area contributed by atoms with E-state index in [0.29, 0.717) is 25.5 Å². The summed E-state index contributed by atoms with van der Waals surface area (Å²) in [5.74, 6) is 0.776. The van der Waals surface area contributed by atoms with E-state index in [0.717, 1.165) is 13.0 Å². The Bertz CT molecular complexity index is 477. The first kappa shape index (κ1) is 20.7. The summed E-state index contributed by atoms with van der Waals surface area (Å²) >= 11 is 0. The molecular weight excluding hydrogens is 391 g/mol. The zero-order chi connectivity index (χ0) is 15.5. The molecule has 0 heterocycles. The fraction of sp³-hybridized carbons (Fsp3) is 0.500. The number of halogens is 1. The normalized spacial score (nSPS) is 10.6. The summed E-state index contributed by atoms with van der Waals surface area (Å²) in [6.07, 6.45) is 1.41. The average molecular weight is 418 g/mol. The standard InChI is InChI=1S/C16H26N4O.HI/c1-4-9-18-15(21)8-10-19-16(17-3)20-12-14-7-5-6-13(2)11-14;/h5-7,11H,4,8-10,12H2,1-3H3,(H,18,21)(H2,17,19,20);1H. The van der Waals surface area contributed by atoms with E-state index in [9.17, 15) is 4.79 Å². The first-order chi connectivity index (χ1) is 10.2. The van der Waals surface area contributed by atoms with Gasteiger partial charge in [-0.15, -0.1) is 24.0 Å². The third-order valence-electron chi connectivity index (χ3n) is 2.98. The van der Waals surface area contributed by atoms with Crippen LogP contribution in [0.5, 0.6) is 0 Å². The number of aliphatic imine (C=N–C) groups is 1. The Labute approximate surface area is 150 Å². The summed E-state index contributed by atoms with van der Waals surface area (Å²) in [5, 5.41) is 9.23. The van der Waals surface area contributed by atoms with E-state index in [4.69, 9.17) is 0 Å². The van der Waals surface area contributed by atoms with Gasteiger partial charge >= 0.3 is 0 Å². The van der Waals surface area contributed by atoms with E-state index in [1.165, 1.54) is 11.1 Å². The Morgan fingerprint density at radius 2 is 1.95 bits per heavy atom. The maximum absolute atomic E-state index is 11.5. The van der Waals surface area contributed by atoms with Gasteiger partial charge in [-0.1, -0.05) is 36.8 Å². The molecule has 124 valence electrons. The van der Waals surface area contributed by atoms with Crippen LogP contribution >= 0.6 is 24.0 Å². The fourth-order valence-electron chi connectivity index (χ4n) is 1.88. The first-order valence-corrected chi connectivity index (χ1v) is 7.42. The molecule has 0 spiro atoms. The topological polar surface area (TPSA) is 65.5 Å². The number of guanidine groups is 1. The van der Waals surface area contributed by atoms with Crippen LogP contribution < -0.4 is 16.0 Å². The predicted octanol–water partition coefficient (Wildman–Crippen LogP) is 2.19. The monoisotopic (exact) mass is 418 g/mol. The smallest absolute Gasteiger partial charge is 0.221 e. The third-order valence-corrected chi connectivity index (χ3v) is 2.98. The van der Waals surface area contributed by atoms with Crippen LogP contribution in [0.2, 0.25) is 0 Å².